The van der Waals surface area contributed by atoms with E-state index in [1.54, 1.807) is 28.9 Å². The molecular formula is C24H27F2N5O4. The summed E-state index contributed by atoms with van der Waals surface area (Å²) in [5, 5.41) is 7.29. The number of nitrogen functional groups attached to an aromatic ring is 1. The van der Waals surface area contributed by atoms with E-state index in [9.17, 15) is 18.4 Å². The number of nitrogens with two attached hydrogens (primary N) is 2. The van der Waals surface area contributed by atoms with Crippen LogP contribution < -0.4 is 21.5 Å². The Hall–Kier alpha value is -3.99. The molecule has 1 aliphatic rings. The van der Waals surface area contributed by atoms with Gasteiger partial charge in [-0.2, -0.15) is 5.10 Å². The predicted octanol–water partition coefficient (Wildman–Crippen LogP) is 2.86. The summed E-state index contributed by atoms with van der Waals surface area (Å²) in [6, 6.07) is 10.8. The van der Waals surface area contributed by atoms with Gasteiger partial charge >= 0.3 is 0 Å². The number of alkyl halides is 1. The molecule has 0 spiro atoms. The van der Waals surface area contributed by atoms with Crippen LogP contribution in [0.15, 0.2) is 42.5 Å². The van der Waals surface area contributed by atoms with Crippen LogP contribution in [0.2, 0.25) is 0 Å². The molecule has 11 heteroatoms. The van der Waals surface area contributed by atoms with Gasteiger partial charge in [0.05, 0.1) is 32.5 Å². The van der Waals surface area contributed by atoms with Crippen LogP contribution in [0, 0.1) is 5.82 Å². The number of rotatable bonds is 7. The summed E-state index contributed by atoms with van der Waals surface area (Å²) in [7, 11) is 1.91. The van der Waals surface area contributed by atoms with E-state index in [1.165, 1.54) is 19.2 Å². The van der Waals surface area contributed by atoms with Gasteiger partial charge in [-0.25, -0.2) is 9.07 Å². The van der Waals surface area contributed by atoms with Crippen LogP contribution in [-0.2, 0) is 11.3 Å². The second-order valence-corrected chi connectivity index (χ2v) is 7.66. The third-order valence-corrected chi connectivity index (χ3v) is 5.53. The molecule has 186 valence electrons. The van der Waals surface area contributed by atoms with Crippen molar-refractivity contribution in [2.45, 2.75) is 19.0 Å². The maximum absolute atomic E-state index is 13.5. The molecule has 9 nitrogen and oxygen atoms in total. The lowest BCUT2D eigenvalue weighted by Gasteiger charge is -2.10. The fourth-order valence-electron chi connectivity index (χ4n) is 3.80. The lowest BCUT2D eigenvalue weighted by atomic mass is 10.0. The fourth-order valence-corrected chi connectivity index (χ4v) is 3.80. The van der Waals surface area contributed by atoms with Gasteiger partial charge in [-0.05, 0) is 30.2 Å². The molecule has 1 aromatic heterocycles. The van der Waals surface area contributed by atoms with Gasteiger partial charge in [0.25, 0.3) is 11.8 Å². The molecule has 0 bridgehead atoms. The van der Waals surface area contributed by atoms with Crippen molar-refractivity contribution in [3.8, 4) is 17.0 Å². The number of nitrogens with one attached hydrogen (secondary N) is 1. The second-order valence-electron chi connectivity index (χ2n) is 7.66. The molecule has 1 saturated heterocycles. The van der Waals surface area contributed by atoms with E-state index in [0.717, 1.165) is 18.1 Å². The minimum Gasteiger partial charge on any atom is -0.496 e. The zero-order chi connectivity index (χ0) is 25.5. The van der Waals surface area contributed by atoms with Crippen LogP contribution in [0.5, 0.6) is 5.75 Å². The minimum atomic E-state index is -0.659. The van der Waals surface area contributed by atoms with Crippen molar-refractivity contribution >= 4 is 17.6 Å². The lowest BCUT2D eigenvalue weighted by molar-refractivity contribution is 0.0946. The number of ether oxygens (including phenoxy) is 2. The monoisotopic (exact) mass is 487 g/mol. The quantitative estimate of drug-likeness (QED) is 0.469. The van der Waals surface area contributed by atoms with Gasteiger partial charge in [0, 0.05) is 18.7 Å². The third-order valence-electron chi connectivity index (χ3n) is 5.53. The number of carbonyl (C=O) groups is 2. The first-order valence-electron chi connectivity index (χ1n) is 10.7. The van der Waals surface area contributed by atoms with E-state index in [4.69, 9.17) is 20.9 Å². The van der Waals surface area contributed by atoms with Gasteiger partial charge in [-0.1, -0.05) is 24.3 Å². The van der Waals surface area contributed by atoms with Gasteiger partial charge in [0.15, 0.2) is 0 Å². The summed E-state index contributed by atoms with van der Waals surface area (Å²) < 4.78 is 35.2. The van der Waals surface area contributed by atoms with E-state index in [2.05, 4.69) is 10.4 Å². The molecule has 1 atom stereocenters. The Bertz CT molecular complexity index is 1190. The van der Waals surface area contributed by atoms with Crippen molar-refractivity contribution in [1.82, 2.24) is 15.1 Å². The van der Waals surface area contributed by atoms with Gasteiger partial charge in [-0.3, -0.25) is 14.0 Å². The highest BCUT2D eigenvalue weighted by atomic mass is 19.1. The number of amides is 2. The number of benzene rings is 2. The number of nitrogens with zero attached hydrogens (tertiary/aromatic N) is 2. The fraction of sp³-hybridized carbons (Fsp3) is 0.292. The van der Waals surface area contributed by atoms with Crippen LogP contribution in [0.25, 0.3) is 11.3 Å². The number of anilines is 1. The van der Waals surface area contributed by atoms with Crippen LogP contribution in [0.1, 0.15) is 38.7 Å². The molecule has 4 rings (SSSR count). The average Bonchev–Trinajstić information content (AvgIpc) is 3.52. The van der Waals surface area contributed by atoms with Crippen molar-refractivity contribution in [3.05, 3.63) is 65.0 Å². The normalized spacial score (nSPS) is 14.7. The van der Waals surface area contributed by atoms with Gasteiger partial charge in [0.2, 0.25) is 0 Å². The Morgan fingerprint density at radius 1 is 1.23 bits per heavy atom. The van der Waals surface area contributed by atoms with Crippen LogP contribution >= 0.6 is 0 Å². The molecule has 1 aliphatic heterocycles. The predicted molar refractivity (Wildman–Crippen MR) is 126 cm³/mol. The first-order valence-corrected chi connectivity index (χ1v) is 10.7. The summed E-state index contributed by atoms with van der Waals surface area (Å²) in [5.74, 6) is -1.15. The summed E-state index contributed by atoms with van der Waals surface area (Å²) in [4.78, 5) is 24.6. The number of primary amides is 1. The number of methoxy groups -OCH3 is 1. The second kappa shape index (κ2) is 11.4. The van der Waals surface area contributed by atoms with E-state index in [0.29, 0.717) is 31.6 Å². The topological polar surface area (TPSA) is 134 Å². The largest absolute Gasteiger partial charge is 0.496 e. The number of halogens is 2. The molecule has 2 amide bonds. The van der Waals surface area contributed by atoms with E-state index >= 15 is 0 Å². The highest BCUT2D eigenvalue weighted by molar-refractivity contribution is 6.03. The molecule has 0 radical (unpaired) electrons. The molecule has 2 heterocycles. The van der Waals surface area contributed by atoms with Gasteiger partial charge < -0.3 is 26.3 Å². The Labute approximate surface area is 201 Å². The molecule has 1 unspecified atom stereocenters. The van der Waals surface area contributed by atoms with Crippen LogP contribution in [0.3, 0.4) is 0 Å². The smallest absolute Gasteiger partial charge is 0.255 e. The maximum atomic E-state index is 13.5. The first-order chi connectivity index (χ1) is 16.9. The van der Waals surface area contributed by atoms with Crippen molar-refractivity contribution in [2.24, 2.45) is 5.73 Å². The molecule has 2 aromatic carbocycles. The Morgan fingerprint density at radius 3 is 2.54 bits per heavy atom. The number of carbonyl (C=O) groups excluding carboxylic acids is 2. The van der Waals surface area contributed by atoms with E-state index in [-0.39, 0.29) is 35.3 Å². The molecule has 0 aliphatic carbocycles. The van der Waals surface area contributed by atoms with Crippen LogP contribution in [0.4, 0.5) is 14.6 Å². The zero-order valence-corrected chi connectivity index (χ0v) is 19.4. The Kier molecular flexibility index (Phi) is 8.37. The molecule has 35 heavy (non-hydrogen) atoms. The summed E-state index contributed by atoms with van der Waals surface area (Å²) >= 11 is 0. The molecule has 1 fully saturated rings. The summed E-state index contributed by atoms with van der Waals surface area (Å²) in [6.45, 7) is 1.28. The van der Waals surface area contributed by atoms with Crippen molar-refractivity contribution in [3.63, 3.8) is 0 Å². The van der Waals surface area contributed by atoms with Gasteiger partial charge in [0.1, 0.15) is 28.6 Å². The van der Waals surface area contributed by atoms with Crippen molar-refractivity contribution < 1.29 is 27.8 Å². The highest BCUT2D eigenvalue weighted by Gasteiger charge is 2.27. The zero-order valence-electron chi connectivity index (χ0n) is 19.4. The molecular weight excluding hydrogens is 460 g/mol. The molecule has 3 aromatic rings. The van der Waals surface area contributed by atoms with Crippen LogP contribution in [-0.4, -0.2) is 49.1 Å². The maximum Gasteiger partial charge on any atom is 0.255 e. The minimum absolute atomic E-state index is 0.0499. The average molecular weight is 488 g/mol. The number of aromatic nitrogens is 2. The van der Waals surface area contributed by atoms with Gasteiger partial charge in [-0.15, -0.1) is 0 Å². The first kappa shape index (κ1) is 25.6. The SMILES string of the molecule is CF.COc1ccc(F)cc1C(=O)NCc1ccc(-c2nn(C3CCOC3)c(N)c2C(N)=O)cc1. The summed E-state index contributed by atoms with van der Waals surface area (Å²) in [6.07, 6.45) is 0.748. The number of hydrogen-bond acceptors (Lipinski definition) is 6. The Morgan fingerprint density at radius 2 is 1.94 bits per heavy atom. The standard InChI is InChI=1S/C23H24FN5O4.CH3F/c1-32-18-7-6-15(24)10-17(18)23(31)27-11-13-2-4-14(5-3-13)20-19(22(26)30)21(25)29(28-20)16-8-9-33-12-16;1-2/h2-7,10,16H,8-9,11-12,25H2,1H3,(H2,26,30)(H,27,31);1H3. The Balaban J connectivity index is 0.00000167. The highest BCUT2D eigenvalue weighted by Crippen LogP contribution is 2.31. The van der Waals surface area contributed by atoms with Crippen molar-refractivity contribution in [2.75, 3.05) is 33.2 Å². The third kappa shape index (κ3) is 5.57. The summed E-state index contributed by atoms with van der Waals surface area (Å²) in [5.41, 5.74) is 13.9. The van der Waals surface area contributed by atoms with E-state index < -0.39 is 17.6 Å². The van der Waals surface area contributed by atoms with E-state index in [1.807, 2.05) is 0 Å². The molecule has 0 saturated carbocycles. The van der Waals surface area contributed by atoms with Crippen molar-refractivity contribution in [1.29, 1.82) is 0 Å². The lowest BCUT2D eigenvalue weighted by Crippen LogP contribution is -2.23. The number of hydrogen-bond donors (Lipinski definition) is 3. The molecule has 5 N–H and O–H groups in total.